The summed E-state index contributed by atoms with van der Waals surface area (Å²) in [7, 11) is 0. The topological polar surface area (TPSA) is 60.9 Å². The number of carbonyl (C=O) groups excluding carboxylic acids is 1. The smallest absolute Gasteiger partial charge is 0.320 e. The molecule has 1 aliphatic heterocycles. The number of carboxylic acid groups (broad SMARTS) is 1. The molecule has 0 radical (unpaired) electrons. The summed E-state index contributed by atoms with van der Waals surface area (Å²) in [5.74, 6) is -0.501. The zero-order valence-electron chi connectivity index (χ0n) is 10.4. The van der Waals surface area contributed by atoms with Gasteiger partial charge in [0, 0.05) is 25.7 Å². The summed E-state index contributed by atoms with van der Waals surface area (Å²) in [6, 6.07) is 0.191. The second-order valence-electron chi connectivity index (χ2n) is 5.41. The van der Waals surface area contributed by atoms with Gasteiger partial charge in [-0.25, -0.2) is 4.79 Å². The molecule has 1 saturated heterocycles. The SMILES string of the molecule is CC(C)N(CC1CC1)C(=O)N1CC(C(=O)O)C1. The van der Waals surface area contributed by atoms with E-state index in [1.54, 1.807) is 4.90 Å². The van der Waals surface area contributed by atoms with Crippen molar-refractivity contribution >= 4 is 12.0 Å². The van der Waals surface area contributed by atoms with E-state index in [-0.39, 0.29) is 18.0 Å². The van der Waals surface area contributed by atoms with E-state index in [1.165, 1.54) is 12.8 Å². The van der Waals surface area contributed by atoms with E-state index >= 15 is 0 Å². The minimum atomic E-state index is -0.799. The van der Waals surface area contributed by atoms with Crippen molar-refractivity contribution in [3.63, 3.8) is 0 Å². The zero-order chi connectivity index (χ0) is 12.6. The van der Waals surface area contributed by atoms with Crippen LogP contribution in [0.3, 0.4) is 0 Å². The number of aliphatic carboxylic acids is 1. The molecule has 0 bridgehead atoms. The standard InChI is InChI=1S/C12H20N2O3/c1-8(2)14(5-9-3-4-9)12(17)13-6-10(7-13)11(15)16/h8-10H,3-7H2,1-2H3,(H,15,16). The Morgan fingerprint density at radius 1 is 1.35 bits per heavy atom. The quantitative estimate of drug-likeness (QED) is 0.804. The molecular formula is C12H20N2O3. The molecule has 2 aliphatic rings. The molecule has 0 unspecified atom stereocenters. The van der Waals surface area contributed by atoms with E-state index in [0.717, 1.165) is 6.54 Å². The van der Waals surface area contributed by atoms with E-state index < -0.39 is 5.97 Å². The van der Waals surface area contributed by atoms with Crippen molar-refractivity contribution in [3.05, 3.63) is 0 Å². The minimum Gasteiger partial charge on any atom is -0.481 e. The lowest BCUT2D eigenvalue weighted by Gasteiger charge is -2.41. The molecule has 17 heavy (non-hydrogen) atoms. The van der Waals surface area contributed by atoms with Crippen LogP contribution in [0.2, 0.25) is 0 Å². The van der Waals surface area contributed by atoms with E-state index in [1.807, 2.05) is 18.7 Å². The molecule has 5 nitrogen and oxygen atoms in total. The molecule has 2 rings (SSSR count). The lowest BCUT2D eigenvalue weighted by molar-refractivity contribution is -0.146. The molecule has 96 valence electrons. The van der Waals surface area contributed by atoms with Gasteiger partial charge in [-0.05, 0) is 32.6 Å². The Bertz CT molecular complexity index is 320. The fourth-order valence-electron chi connectivity index (χ4n) is 2.06. The third-order valence-corrected chi connectivity index (χ3v) is 3.52. The summed E-state index contributed by atoms with van der Waals surface area (Å²) in [6.45, 7) is 5.57. The lowest BCUT2D eigenvalue weighted by atomic mass is 10.0. The first kappa shape index (κ1) is 12.2. The van der Waals surface area contributed by atoms with Gasteiger partial charge in [0.2, 0.25) is 0 Å². The van der Waals surface area contributed by atoms with Crippen LogP contribution in [-0.2, 0) is 4.79 Å². The lowest BCUT2D eigenvalue weighted by Crippen LogP contribution is -2.58. The summed E-state index contributed by atoms with van der Waals surface area (Å²) in [5.41, 5.74) is 0. The molecule has 1 saturated carbocycles. The van der Waals surface area contributed by atoms with Gasteiger partial charge in [0.15, 0.2) is 0 Å². The van der Waals surface area contributed by atoms with Gasteiger partial charge in [0.1, 0.15) is 0 Å². The molecule has 0 atom stereocenters. The third-order valence-electron chi connectivity index (χ3n) is 3.52. The zero-order valence-corrected chi connectivity index (χ0v) is 10.4. The van der Waals surface area contributed by atoms with Gasteiger partial charge < -0.3 is 14.9 Å². The molecule has 2 fully saturated rings. The predicted molar refractivity (Wildman–Crippen MR) is 62.7 cm³/mol. The number of hydrogen-bond acceptors (Lipinski definition) is 2. The Balaban J connectivity index is 1.86. The first-order valence-electron chi connectivity index (χ1n) is 6.27. The van der Waals surface area contributed by atoms with E-state index in [4.69, 9.17) is 5.11 Å². The maximum absolute atomic E-state index is 12.2. The number of nitrogens with zero attached hydrogens (tertiary/aromatic N) is 2. The largest absolute Gasteiger partial charge is 0.481 e. The first-order valence-corrected chi connectivity index (χ1v) is 6.27. The fourth-order valence-corrected chi connectivity index (χ4v) is 2.06. The van der Waals surface area contributed by atoms with Crippen molar-refractivity contribution in [1.29, 1.82) is 0 Å². The van der Waals surface area contributed by atoms with Crippen molar-refractivity contribution in [3.8, 4) is 0 Å². The molecule has 1 heterocycles. The van der Waals surface area contributed by atoms with Gasteiger partial charge in [-0.2, -0.15) is 0 Å². The number of urea groups is 1. The van der Waals surface area contributed by atoms with Crippen LogP contribution in [0.25, 0.3) is 0 Å². The minimum absolute atomic E-state index is 0.00407. The highest BCUT2D eigenvalue weighted by Crippen LogP contribution is 2.31. The normalized spacial score (nSPS) is 20.3. The summed E-state index contributed by atoms with van der Waals surface area (Å²) >= 11 is 0. The van der Waals surface area contributed by atoms with Gasteiger partial charge in [-0.1, -0.05) is 0 Å². The molecule has 0 aromatic heterocycles. The number of carboxylic acids is 1. The number of hydrogen-bond donors (Lipinski definition) is 1. The Labute approximate surface area is 101 Å². The Morgan fingerprint density at radius 3 is 2.35 bits per heavy atom. The van der Waals surface area contributed by atoms with Crippen molar-refractivity contribution < 1.29 is 14.7 Å². The summed E-state index contributed by atoms with van der Waals surface area (Å²) in [6.07, 6.45) is 2.43. The maximum atomic E-state index is 12.2. The Kier molecular flexibility index (Phi) is 3.26. The summed E-state index contributed by atoms with van der Waals surface area (Å²) in [5, 5.41) is 8.78. The predicted octanol–water partition coefficient (Wildman–Crippen LogP) is 1.24. The number of rotatable bonds is 4. The summed E-state index contributed by atoms with van der Waals surface area (Å²) < 4.78 is 0. The third kappa shape index (κ3) is 2.70. The van der Waals surface area contributed by atoms with Crippen LogP contribution in [0.5, 0.6) is 0 Å². The average Bonchev–Trinajstić information content (AvgIpc) is 2.93. The maximum Gasteiger partial charge on any atom is 0.320 e. The summed E-state index contributed by atoms with van der Waals surface area (Å²) in [4.78, 5) is 26.4. The van der Waals surface area contributed by atoms with Gasteiger partial charge in [0.05, 0.1) is 5.92 Å². The molecule has 0 aromatic rings. The molecule has 1 aliphatic carbocycles. The van der Waals surface area contributed by atoms with Crippen molar-refractivity contribution in [2.45, 2.75) is 32.7 Å². The van der Waals surface area contributed by atoms with Crippen molar-refractivity contribution in [2.24, 2.45) is 11.8 Å². The molecule has 0 spiro atoms. The number of likely N-dealkylation sites (tertiary alicyclic amines) is 1. The van der Waals surface area contributed by atoms with Crippen LogP contribution in [-0.4, -0.2) is 52.6 Å². The van der Waals surface area contributed by atoms with E-state index in [9.17, 15) is 9.59 Å². The molecule has 0 aromatic carbocycles. The number of carbonyl (C=O) groups is 2. The van der Waals surface area contributed by atoms with Crippen LogP contribution in [0.1, 0.15) is 26.7 Å². The van der Waals surface area contributed by atoms with Crippen molar-refractivity contribution in [2.75, 3.05) is 19.6 Å². The average molecular weight is 240 g/mol. The van der Waals surface area contributed by atoms with Crippen LogP contribution < -0.4 is 0 Å². The Morgan fingerprint density at radius 2 is 1.94 bits per heavy atom. The number of amides is 2. The highest BCUT2D eigenvalue weighted by atomic mass is 16.4. The molecule has 5 heteroatoms. The first-order chi connectivity index (χ1) is 7.99. The van der Waals surface area contributed by atoms with Crippen molar-refractivity contribution in [1.82, 2.24) is 9.80 Å². The van der Waals surface area contributed by atoms with E-state index in [2.05, 4.69) is 0 Å². The molecule has 2 amide bonds. The van der Waals surface area contributed by atoms with Gasteiger partial charge in [-0.15, -0.1) is 0 Å². The van der Waals surface area contributed by atoms with Crippen LogP contribution in [0.15, 0.2) is 0 Å². The second-order valence-corrected chi connectivity index (χ2v) is 5.41. The Hall–Kier alpha value is -1.26. The molecule has 1 N–H and O–H groups in total. The van der Waals surface area contributed by atoms with Gasteiger partial charge >= 0.3 is 12.0 Å². The van der Waals surface area contributed by atoms with E-state index in [0.29, 0.717) is 19.0 Å². The van der Waals surface area contributed by atoms with Gasteiger partial charge in [0.25, 0.3) is 0 Å². The second kappa shape index (κ2) is 4.55. The highest BCUT2D eigenvalue weighted by molar-refractivity contribution is 5.80. The van der Waals surface area contributed by atoms with Gasteiger partial charge in [-0.3, -0.25) is 4.79 Å². The molecular weight excluding hydrogens is 220 g/mol. The van der Waals surface area contributed by atoms with Crippen LogP contribution in [0.4, 0.5) is 4.79 Å². The van der Waals surface area contributed by atoms with Crippen LogP contribution in [0, 0.1) is 11.8 Å². The monoisotopic (exact) mass is 240 g/mol. The highest BCUT2D eigenvalue weighted by Gasteiger charge is 2.39. The fraction of sp³-hybridized carbons (Fsp3) is 0.833. The van der Waals surface area contributed by atoms with Crippen LogP contribution >= 0.6 is 0 Å².